The van der Waals surface area contributed by atoms with Crippen molar-refractivity contribution >= 4 is 12.1 Å². The van der Waals surface area contributed by atoms with E-state index in [-0.39, 0.29) is 12.5 Å². The molecule has 3 aromatic rings. The summed E-state index contributed by atoms with van der Waals surface area (Å²) >= 11 is 0. The fourth-order valence-electron chi connectivity index (χ4n) is 3.94. The molecule has 4 rings (SSSR count). The Bertz CT molecular complexity index is 987. The van der Waals surface area contributed by atoms with E-state index in [2.05, 4.69) is 22.4 Å². The SMILES string of the molecule is O=C(NC(CCCn1ccnc1)C(=O)O)OCC1c2ccccc2-c2ccccc21. The standard InChI is InChI=1S/C23H23N3O4/c27-22(28)21(10-5-12-26-13-11-24-15-26)25-23(29)30-14-20-18-8-3-1-6-16(18)17-7-2-4-9-19(17)20/h1-4,6-9,11,13,15,20-21H,5,10,12,14H2,(H,25,29)(H,27,28). The number of hydrogen-bond donors (Lipinski definition) is 2. The number of carboxylic acids is 1. The number of nitrogens with zero attached hydrogens (tertiary/aromatic N) is 2. The molecule has 0 bridgehead atoms. The van der Waals surface area contributed by atoms with Crippen molar-refractivity contribution in [2.45, 2.75) is 31.3 Å². The lowest BCUT2D eigenvalue weighted by Crippen LogP contribution is -2.41. The maximum atomic E-state index is 12.3. The summed E-state index contributed by atoms with van der Waals surface area (Å²) < 4.78 is 7.31. The summed E-state index contributed by atoms with van der Waals surface area (Å²) in [7, 11) is 0. The summed E-state index contributed by atoms with van der Waals surface area (Å²) in [5, 5.41) is 11.9. The smallest absolute Gasteiger partial charge is 0.407 e. The highest BCUT2D eigenvalue weighted by Gasteiger charge is 2.29. The molecule has 2 aromatic carbocycles. The fourth-order valence-corrected chi connectivity index (χ4v) is 3.94. The van der Waals surface area contributed by atoms with E-state index in [0.717, 1.165) is 22.3 Å². The Hall–Kier alpha value is -3.61. The Labute approximate surface area is 174 Å². The number of amides is 1. The fraction of sp³-hybridized carbons (Fsp3) is 0.261. The van der Waals surface area contributed by atoms with Crippen LogP contribution in [-0.4, -0.2) is 39.4 Å². The van der Waals surface area contributed by atoms with E-state index in [1.54, 1.807) is 12.5 Å². The van der Waals surface area contributed by atoms with Gasteiger partial charge in [-0.2, -0.15) is 0 Å². The van der Waals surface area contributed by atoms with Crippen molar-refractivity contribution in [1.29, 1.82) is 0 Å². The van der Waals surface area contributed by atoms with Gasteiger partial charge >= 0.3 is 12.1 Å². The molecule has 0 radical (unpaired) electrons. The van der Waals surface area contributed by atoms with E-state index < -0.39 is 18.1 Å². The zero-order valence-corrected chi connectivity index (χ0v) is 16.4. The monoisotopic (exact) mass is 405 g/mol. The molecule has 1 heterocycles. The number of alkyl carbamates (subject to hydrolysis) is 1. The van der Waals surface area contributed by atoms with Gasteiger partial charge in [-0.15, -0.1) is 0 Å². The van der Waals surface area contributed by atoms with E-state index in [1.807, 2.05) is 47.2 Å². The van der Waals surface area contributed by atoms with Gasteiger partial charge in [-0.05, 0) is 35.1 Å². The average Bonchev–Trinajstić information content (AvgIpc) is 3.38. The van der Waals surface area contributed by atoms with Crippen LogP contribution in [0.1, 0.15) is 29.9 Å². The first-order valence-corrected chi connectivity index (χ1v) is 9.93. The molecular formula is C23H23N3O4. The minimum absolute atomic E-state index is 0.0623. The lowest BCUT2D eigenvalue weighted by Gasteiger charge is -2.17. The zero-order valence-electron chi connectivity index (χ0n) is 16.4. The Morgan fingerprint density at radius 3 is 2.37 bits per heavy atom. The number of nitrogens with one attached hydrogen (secondary N) is 1. The van der Waals surface area contributed by atoms with Crippen molar-refractivity contribution < 1.29 is 19.4 Å². The van der Waals surface area contributed by atoms with Crippen LogP contribution in [0, 0.1) is 0 Å². The number of carboxylic acid groups (broad SMARTS) is 1. The molecule has 1 amide bonds. The molecule has 1 aliphatic rings. The second-order valence-electron chi connectivity index (χ2n) is 7.30. The van der Waals surface area contributed by atoms with Gasteiger partial charge in [0.1, 0.15) is 12.6 Å². The van der Waals surface area contributed by atoms with Gasteiger partial charge in [0.2, 0.25) is 0 Å². The maximum absolute atomic E-state index is 12.3. The molecule has 0 saturated carbocycles. The number of carbonyl (C=O) groups is 2. The summed E-state index contributed by atoms with van der Waals surface area (Å²) in [5.74, 6) is -1.14. The van der Waals surface area contributed by atoms with E-state index >= 15 is 0 Å². The number of rotatable bonds is 8. The number of hydrogen-bond acceptors (Lipinski definition) is 4. The van der Waals surface area contributed by atoms with Crippen LogP contribution in [0.3, 0.4) is 0 Å². The van der Waals surface area contributed by atoms with Gasteiger partial charge in [-0.3, -0.25) is 0 Å². The molecule has 1 aliphatic carbocycles. The van der Waals surface area contributed by atoms with Gasteiger partial charge in [0.25, 0.3) is 0 Å². The summed E-state index contributed by atoms with van der Waals surface area (Å²) in [6.07, 6.45) is 5.34. The van der Waals surface area contributed by atoms with Crippen LogP contribution in [0.15, 0.2) is 67.3 Å². The van der Waals surface area contributed by atoms with Crippen molar-refractivity contribution in [2.24, 2.45) is 0 Å². The van der Waals surface area contributed by atoms with Crippen LogP contribution in [0.25, 0.3) is 11.1 Å². The topological polar surface area (TPSA) is 93.5 Å². The number of ether oxygens (including phenoxy) is 1. The molecule has 7 nitrogen and oxygen atoms in total. The van der Waals surface area contributed by atoms with Crippen LogP contribution in [-0.2, 0) is 16.1 Å². The van der Waals surface area contributed by atoms with Crippen LogP contribution >= 0.6 is 0 Å². The Balaban J connectivity index is 1.35. The molecule has 154 valence electrons. The third kappa shape index (κ3) is 4.20. The normalized spacial score (nSPS) is 13.3. The molecular weight excluding hydrogens is 382 g/mol. The zero-order chi connectivity index (χ0) is 20.9. The van der Waals surface area contributed by atoms with Crippen LogP contribution in [0.5, 0.6) is 0 Å². The second kappa shape index (κ2) is 8.82. The number of fused-ring (bicyclic) bond motifs is 3. The Morgan fingerprint density at radius 1 is 1.10 bits per heavy atom. The van der Waals surface area contributed by atoms with Gasteiger partial charge < -0.3 is 19.7 Å². The summed E-state index contributed by atoms with van der Waals surface area (Å²) in [4.78, 5) is 27.8. The van der Waals surface area contributed by atoms with Gasteiger partial charge in [0, 0.05) is 24.9 Å². The minimum Gasteiger partial charge on any atom is -0.480 e. The molecule has 1 aromatic heterocycles. The molecule has 0 fully saturated rings. The number of aromatic nitrogens is 2. The van der Waals surface area contributed by atoms with Crippen molar-refractivity contribution in [3.05, 3.63) is 78.4 Å². The number of aryl methyl sites for hydroxylation is 1. The lowest BCUT2D eigenvalue weighted by atomic mass is 9.98. The molecule has 0 aliphatic heterocycles. The van der Waals surface area contributed by atoms with E-state index in [0.29, 0.717) is 19.4 Å². The van der Waals surface area contributed by atoms with E-state index in [9.17, 15) is 14.7 Å². The second-order valence-corrected chi connectivity index (χ2v) is 7.30. The molecule has 0 saturated heterocycles. The van der Waals surface area contributed by atoms with Gasteiger partial charge in [-0.25, -0.2) is 14.6 Å². The van der Waals surface area contributed by atoms with Crippen LogP contribution < -0.4 is 5.32 Å². The van der Waals surface area contributed by atoms with E-state index in [1.165, 1.54) is 0 Å². The van der Waals surface area contributed by atoms with Crippen molar-refractivity contribution in [3.8, 4) is 11.1 Å². The molecule has 0 spiro atoms. The molecule has 30 heavy (non-hydrogen) atoms. The number of aliphatic carboxylic acids is 1. The maximum Gasteiger partial charge on any atom is 0.407 e. The summed E-state index contributed by atoms with van der Waals surface area (Å²) in [5.41, 5.74) is 4.51. The summed E-state index contributed by atoms with van der Waals surface area (Å²) in [6, 6.07) is 15.1. The lowest BCUT2D eigenvalue weighted by molar-refractivity contribution is -0.139. The quantitative estimate of drug-likeness (QED) is 0.597. The predicted molar refractivity (Wildman–Crippen MR) is 111 cm³/mol. The number of imidazole rings is 1. The Morgan fingerprint density at radius 2 is 1.77 bits per heavy atom. The largest absolute Gasteiger partial charge is 0.480 e. The molecule has 1 unspecified atom stereocenters. The Kier molecular flexibility index (Phi) is 5.79. The van der Waals surface area contributed by atoms with Gasteiger partial charge in [-0.1, -0.05) is 48.5 Å². The average molecular weight is 405 g/mol. The number of benzene rings is 2. The molecule has 1 atom stereocenters. The highest BCUT2D eigenvalue weighted by atomic mass is 16.5. The number of carbonyl (C=O) groups excluding carboxylic acids is 1. The van der Waals surface area contributed by atoms with Gasteiger partial charge in [0.05, 0.1) is 6.33 Å². The minimum atomic E-state index is -1.07. The van der Waals surface area contributed by atoms with Crippen molar-refractivity contribution in [3.63, 3.8) is 0 Å². The van der Waals surface area contributed by atoms with Crippen molar-refractivity contribution in [1.82, 2.24) is 14.9 Å². The third-order valence-corrected chi connectivity index (χ3v) is 5.40. The van der Waals surface area contributed by atoms with Crippen LogP contribution in [0.4, 0.5) is 4.79 Å². The first-order valence-electron chi connectivity index (χ1n) is 9.93. The summed E-state index contributed by atoms with van der Waals surface area (Å²) in [6.45, 7) is 0.789. The van der Waals surface area contributed by atoms with Crippen LogP contribution in [0.2, 0.25) is 0 Å². The third-order valence-electron chi connectivity index (χ3n) is 5.40. The highest BCUT2D eigenvalue weighted by Crippen LogP contribution is 2.44. The molecule has 7 heteroatoms. The first kappa shape index (κ1) is 19.7. The molecule has 2 N–H and O–H groups in total. The van der Waals surface area contributed by atoms with Crippen molar-refractivity contribution in [2.75, 3.05) is 6.61 Å². The van der Waals surface area contributed by atoms with Gasteiger partial charge in [0.15, 0.2) is 0 Å². The first-order chi connectivity index (χ1) is 14.6. The van der Waals surface area contributed by atoms with E-state index in [4.69, 9.17) is 4.74 Å². The highest BCUT2D eigenvalue weighted by molar-refractivity contribution is 5.81. The predicted octanol–water partition coefficient (Wildman–Crippen LogP) is 3.66.